The number of halogens is 1. The van der Waals surface area contributed by atoms with Gasteiger partial charge in [0.1, 0.15) is 0 Å². The van der Waals surface area contributed by atoms with Gasteiger partial charge < -0.3 is 0 Å². The molecule has 1 heterocycles. The second kappa shape index (κ2) is 8.02. The van der Waals surface area contributed by atoms with Gasteiger partial charge in [0, 0.05) is 18.1 Å². The standard InChI is InChI=1S/C21H24ClNO4S2/c22-18-10-6-16(7-11-18)17-8-12-20(13-9-17)29(26,27)23-14-21(15-23)28(24,25)19-4-2-1-3-5-19/h6-13,19,21H,1-5,14-15H2. The topological polar surface area (TPSA) is 71.5 Å². The Hall–Kier alpha value is -1.41. The molecule has 5 nitrogen and oxygen atoms in total. The third kappa shape index (κ3) is 4.10. The van der Waals surface area contributed by atoms with Gasteiger partial charge in [-0.1, -0.05) is 55.1 Å². The summed E-state index contributed by atoms with van der Waals surface area (Å²) >= 11 is 5.91. The van der Waals surface area contributed by atoms with E-state index in [1.165, 1.54) is 4.31 Å². The summed E-state index contributed by atoms with van der Waals surface area (Å²) in [6, 6.07) is 14.0. The predicted molar refractivity (Wildman–Crippen MR) is 115 cm³/mol. The van der Waals surface area contributed by atoms with E-state index in [0.29, 0.717) is 17.9 Å². The summed E-state index contributed by atoms with van der Waals surface area (Å²) in [5.41, 5.74) is 1.84. The van der Waals surface area contributed by atoms with Crippen LogP contribution in [0.1, 0.15) is 32.1 Å². The highest BCUT2D eigenvalue weighted by Gasteiger charge is 2.46. The summed E-state index contributed by atoms with van der Waals surface area (Å²) in [5, 5.41) is -0.234. The van der Waals surface area contributed by atoms with Gasteiger partial charge in [-0.25, -0.2) is 16.8 Å². The van der Waals surface area contributed by atoms with Gasteiger partial charge in [0.25, 0.3) is 0 Å². The lowest BCUT2D eigenvalue weighted by Gasteiger charge is -2.39. The monoisotopic (exact) mass is 453 g/mol. The molecule has 2 aliphatic rings. The van der Waals surface area contributed by atoms with Crippen molar-refractivity contribution < 1.29 is 16.8 Å². The van der Waals surface area contributed by atoms with Gasteiger partial charge in [-0.2, -0.15) is 4.31 Å². The van der Waals surface area contributed by atoms with E-state index in [1.807, 2.05) is 12.1 Å². The van der Waals surface area contributed by atoms with Crippen molar-refractivity contribution in [2.24, 2.45) is 0 Å². The molecular weight excluding hydrogens is 430 g/mol. The first-order valence-corrected chi connectivity index (χ1v) is 13.3. The Morgan fingerprint density at radius 2 is 1.24 bits per heavy atom. The second-order valence-electron chi connectivity index (χ2n) is 7.82. The summed E-state index contributed by atoms with van der Waals surface area (Å²) in [7, 11) is -6.95. The minimum absolute atomic E-state index is 0.0557. The van der Waals surface area contributed by atoms with Crippen molar-refractivity contribution in [1.82, 2.24) is 4.31 Å². The highest BCUT2D eigenvalue weighted by Crippen LogP contribution is 2.32. The smallest absolute Gasteiger partial charge is 0.228 e. The third-order valence-corrected chi connectivity index (χ3v) is 10.7. The summed E-state index contributed by atoms with van der Waals surface area (Å²) in [5.74, 6) is 0. The first kappa shape index (κ1) is 20.8. The van der Waals surface area contributed by atoms with Crippen LogP contribution in [0.2, 0.25) is 5.02 Å². The van der Waals surface area contributed by atoms with Crippen LogP contribution >= 0.6 is 11.6 Å². The van der Waals surface area contributed by atoms with Gasteiger partial charge in [-0.3, -0.25) is 0 Å². The number of nitrogens with zero attached hydrogens (tertiary/aromatic N) is 1. The number of sulfone groups is 1. The van der Waals surface area contributed by atoms with E-state index in [2.05, 4.69) is 0 Å². The molecule has 1 aliphatic heterocycles. The number of hydrogen-bond acceptors (Lipinski definition) is 4. The SMILES string of the molecule is O=S(=O)(C1CCCCC1)C1CN(S(=O)(=O)c2ccc(-c3ccc(Cl)cc3)cc2)C1. The molecule has 2 aromatic rings. The van der Waals surface area contributed by atoms with Crippen molar-refractivity contribution in [3.05, 3.63) is 53.6 Å². The lowest BCUT2D eigenvalue weighted by atomic mass is 10.0. The van der Waals surface area contributed by atoms with Crippen LogP contribution in [0.4, 0.5) is 0 Å². The fourth-order valence-electron chi connectivity index (χ4n) is 4.08. The van der Waals surface area contributed by atoms with Gasteiger partial charge in [0.15, 0.2) is 9.84 Å². The molecule has 0 N–H and O–H groups in total. The van der Waals surface area contributed by atoms with Crippen LogP contribution in [0.25, 0.3) is 11.1 Å². The summed E-state index contributed by atoms with van der Waals surface area (Å²) in [6.07, 6.45) is 4.38. The zero-order valence-corrected chi connectivity index (χ0v) is 18.4. The second-order valence-corrected chi connectivity index (χ2v) is 12.7. The molecule has 0 spiro atoms. The molecule has 0 unspecified atom stereocenters. The summed E-state index contributed by atoms with van der Waals surface area (Å²) in [4.78, 5) is 0.184. The van der Waals surface area contributed by atoms with E-state index in [1.54, 1.807) is 36.4 Å². The molecule has 0 amide bonds. The van der Waals surface area contributed by atoms with Crippen LogP contribution < -0.4 is 0 Å². The number of sulfonamides is 1. The Morgan fingerprint density at radius 1 is 0.724 bits per heavy atom. The van der Waals surface area contributed by atoms with Crippen LogP contribution in [-0.2, 0) is 19.9 Å². The van der Waals surface area contributed by atoms with Crippen LogP contribution in [0.5, 0.6) is 0 Å². The van der Waals surface area contributed by atoms with Gasteiger partial charge in [0.05, 0.1) is 15.4 Å². The molecule has 0 aromatic heterocycles. The molecule has 1 saturated carbocycles. The van der Waals surface area contributed by atoms with E-state index in [4.69, 9.17) is 11.6 Å². The largest absolute Gasteiger partial charge is 0.243 e. The van der Waals surface area contributed by atoms with Gasteiger partial charge in [0.2, 0.25) is 10.0 Å². The normalized spacial score (nSPS) is 19.8. The van der Waals surface area contributed by atoms with Crippen molar-refractivity contribution >= 4 is 31.5 Å². The van der Waals surface area contributed by atoms with Gasteiger partial charge in [-0.05, 0) is 48.2 Å². The molecular formula is C21H24ClNO4S2. The first-order valence-electron chi connectivity index (χ1n) is 9.87. The molecule has 29 heavy (non-hydrogen) atoms. The maximum Gasteiger partial charge on any atom is 0.243 e. The Labute approximate surface area is 177 Å². The van der Waals surface area contributed by atoms with E-state index in [9.17, 15) is 16.8 Å². The van der Waals surface area contributed by atoms with E-state index in [0.717, 1.165) is 30.4 Å². The molecule has 156 valence electrons. The highest BCUT2D eigenvalue weighted by atomic mass is 35.5. The third-order valence-electron chi connectivity index (χ3n) is 5.97. The predicted octanol–water partition coefficient (Wildman–Crippen LogP) is 4.13. The molecule has 4 rings (SSSR count). The Bertz CT molecular complexity index is 1070. The lowest BCUT2D eigenvalue weighted by molar-refractivity contribution is 0.306. The van der Waals surface area contributed by atoms with Crippen molar-refractivity contribution in [3.8, 4) is 11.1 Å². The molecule has 8 heteroatoms. The quantitative estimate of drug-likeness (QED) is 0.682. The minimum atomic E-state index is -3.68. The number of rotatable bonds is 5. The van der Waals surface area contributed by atoms with E-state index >= 15 is 0 Å². The minimum Gasteiger partial charge on any atom is -0.228 e. The fraction of sp³-hybridized carbons (Fsp3) is 0.429. The molecule has 0 radical (unpaired) electrons. The lowest BCUT2D eigenvalue weighted by Crippen LogP contribution is -2.58. The zero-order valence-electron chi connectivity index (χ0n) is 16.0. The van der Waals surface area contributed by atoms with Crippen LogP contribution in [0, 0.1) is 0 Å². The zero-order chi connectivity index (χ0) is 20.6. The Balaban J connectivity index is 1.45. The molecule has 0 bridgehead atoms. The molecule has 2 fully saturated rings. The van der Waals surface area contributed by atoms with Gasteiger partial charge >= 0.3 is 0 Å². The molecule has 1 aliphatic carbocycles. The van der Waals surface area contributed by atoms with E-state index in [-0.39, 0.29) is 23.2 Å². The first-order chi connectivity index (χ1) is 13.8. The Kier molecular flexibility index (Phi) is 5.77. The van der Waals surface area contributed by atoms with E-state index < -0.39 is 25.1 Å². The van der Waals surface area contributed by atoms with Crippen LogP contribution in [0.3, 0.4) is 0 Å². The van der Waals surface area contributed by atoms with Gasteiger partial charge in [-0.15, -0.1) is 0 Å². The average Bonchev–Trinajstić information content (AvgIpc) is 2.68. The van der Waals surface area contributed by atoms with Crippen molar-refractivity contribution in [3.63, 3.8) is 0 Å². The van der Waals surface area contributed by atoms with Crippen LogP contribution in [0.15, 0.2) is 53.4 Å². The average molecular weight is 454 g/mol. The Morgan fingerprint density at radius 3 is 1.79 bits per heavy atom. The maximum atomic E-state index is 12.9. The fourth-order valence-corrected chi connectivity index (χ4v) is 8.24. The highest BCUT2D eigenvalue weighted by molar-refractivity contribution is 7.93. The molecule has 2 aromatic carbocycles. The molecule has 1 saturated heterocycles. The molecule has 0 atom stereocenters. The summed E-state index contributed by atoms with van der Waals surface area (Å²) < 4.78 is 52.6. The van der Waals surface area contributed by atoms with Crippen molar-refractivity contribution in [2.75, 3.05) is 13.1 Å². The van der Waals surface area contributed by atoms with Crippen molar-refractivity contribution in [2.45, 2.75) is 47.5 Å². The number of benzene rings is 2. The summed E-state index contributed by atoms with van der Waals surface area (Å²) in [6.45, 7) is 0.111. The number of hydrogen-bond donors (Lipinski definition) is 0. The maximum absolute atomic E-state index is 12.9. The van der Waals surface area contributed by atoms with Crippen molar-refractivity contribution in [1.29, 1.82) is 0 Å². The van der Waals surface area contributed by atoms with Crippen LogP contribution in [-0.4, -0.2) is 44.7 Å².